The van der Waals surface area contributed by atoms with Crippen LogP contribution in [0.5, 0.6) is 0 Å². The van der Waals surface area contributed by atoms with Gasteiger partial charge in [0.05, 0.1) is 0 Å². The Morgan fingerprint density at radius 3 is 2.79 bits per heavy atom. The predicted octanol–water partition coefficient (Wildman–Crippen LogP) is 1.45. The average molecular weight is 257 g/mol. The van der Waals surface area contributed by atoms with E-state index >= 15 is 0 Å². The lowest BCUT2D eigenvalue weighted by Gasteiger charge is -2.04. The molecule has 0 atom stereocenters. The second kappa shape index (κ2) is 5.12. The zero-order valence-electron chi connectivity index (χ0n) is 8.01. The van der Waals surface area contributed by atoms with Crippen molar-refractivity contribution < 1.29 is 4.79 Å². The highest BCUT2D eigenvalue weighted by atomic mass is 79.9. The largest absolute Gasteiger partial charge is 0.351 e. The number of aryl methyl sites for hydroxylation is 1. The summed E-state index contributed by atoms with van der Waals surface area (Å²) in [4.78, 5) is 11.5. The Morgan fingerprint density at radius 2 is 2.21 bits per heavy atom. The van der Waals surface area contributed by atoms with E-state index in [0.717, 1.165) is 10.0 Å². The monoisotopic (exact) mass is 256 g/mol. The van der Waals surface area contributed by atoms with Crippen LogP contribution in [0.25, 0.3) is 0 Å². The number of carbonyl (C=O) groups is 1. The minimum atomic E-state index is -0.0835. The summed E-state index contributed by atoms with van der Waals surface area (Å²) in [5.74, 6) is -0.0835. The number of nitrogens with two attached hydrogens (primary N) is 1. The number of carbonyl (C=O) groups excluding carboxylic acids is 1. The van der Waals surface area contributed by atoms with E-state index in [0.29, 0.717) is 18.7 Å². The zero-order valence-corrected chi connectivity index (χ0v) is 9.60. The van der Waals surface area contributed by atoms with Gasteiger partial charge < -0.3 is 11.1 Å². The molecule has 0 bridgehead atoms. The third-order valence-corrected chi connectivity index (χ3v) is 2.19. The maximum atomic E-state index is 11.5. The van der Waals surface area contributed by atoms with Crippen LogP contribution in [0.15, 0.2) is 22.7 Å². The lowest BCUT2D eigenvalue weighted by atomic mass is 10.1. The molecule has 76 valence electrons. The van der Waals surface area contributed by atoms with Crippen LogP contribution in [-0.2, 0) is 0 Å². The number of halogens is 1. The molecule has 0 fully saturated rings. The van der Waals surface area contributed by atoms with Crippen molar-refractivity contribution in [3.63, 3.8) is 0 Å². The van der Waals surface area contributed by atoms with Gasteiger partial charge in [-0.3, -0.25) is 4.79 Å². The summed E-state index contributed by atoms with van der Waals surface area (Å²) in [6.07, 6.45) is 0. The molecule has 0 aromatic heterocycles. The molecule has 0 aliphatic rings. The molecule has 1 aromatic carbocycles. The minimum Gasteiger partial charge on any atom is -0.351 e. The molecule has 0 unspecified atom stereocenters. The second-order valence-corrected chi connectivity index (χ2v) is 3.98. The first-order valence-electron chi connectivity index (χ1n) is 4.39. The summed E-state index contributed by atoms with van der Waals surface area (Å²) in [7, 11) is 0. The zero-order chi connectivity index (χ0) is 10.6. The predicted molar refractivity (Wildman–Crippen MR) is 60.3 cm³/mol. The smallest absolute Gasteiger partial charge is 0.251 e. The van der Waals surface area contributed by atoms with E-state index in [1.807, 2.05) is 19.1 Å². The molecule has 1 amide bonds. The topological polar surface area (TPSA) is 55.1 Å². The van der Waals surface area contributed by atoms with Gasteiger partial charge in [0.15, 0.2) is 0 Å². The number of rotatable bonds is 3. The highest BCUT2D eigenvalue weighted by Crippen LogP contribution is 2.14. The molecule has 14 heavy (non-hydrogen) atoms. The van der Waals surface area contributed by atoms with Gasteiger partial charge in [0, 0.05) is 23.1 Å². The van der Waals surface area contributed by atoms with Crippen LogP contribution in [0.4, 0.5) is 0 Å². The number of hydrogen-bond donors (Lipinski definition) is 2. The lowest BCUT2D eigenvalue weighted by Crippen LogP contribution is -2.29. The maximum Gasteiger partial charge on any atom is 0.251 e. The molecule has 3 N–H and O–H groups in total. The first-order valence-corrected chi connectivity index (χ1v) is 5.18. The highest BCUT2D eigenvalue weighted by Gasteiger charge is 2.05. The molecule has 0 aliphatic carbocycles. The normalized spacial score (nSPS) is 9.93. The number of benzene rings is 1. The van der Waals surface area contributed by atoms with Crippen LogP contribution in [0, 0.1) is 6.92 Å². The number of amides is 1. The van der Waals surface area contributed by atoms with E-state index in [9.17, 15) is 4.79 Å². The van der Waals surface area contributed by atoms with Crippen molar-refractivity contribution in [2.75, 3.05) is 13.1 Å². The summed E-state index contributed by atoms with van der Waals surface area (Å²) in [6, 6.07) is 5.59. The van der Waals surface area contributed by atoms with Crippen LogP contribution >= 0.6 is 15.9 Å². The quantitative estimate of drug-likeness (QED) is 0.861. The molecule has 1 aromatic rings. The van der Waals surface area contributed by atoms with Crippen LogP contribution in [0.3, 0.4) is 0 Å². The molecule has 0 saturated carbocycles. The van der Waals surface area contributed by atoms with Crippen molar-refractivity contribution in [3.8, 4) is 0 Å². The summed E-state index contributed by atoms with van der Waals surface area (Å²) in [5, 5.41) is 2.72. The standard InChI is InChI=1S/C10H13BrN2O/c1-7-4-8(6-9(11)5-7)10(14)13-3-2-12/h4-6H,2-3,12H2,1H3,(H,13,14). The Hall–Kier alpha value is -0.870. The number of nitrogens with one attached hydrogen (secondary N) is 1. The van der Waals surface area contributed by atoms with Gasteiger partial charge in [0.1, 0.15) is 0 Å². The first kappa shape index (κ1) is 11.2. The molecule has 0 saturated heterocycles. The van der Waals surface area contributed by atoms with Gasteiger partial charge in [-0.25, -0.2) is 0 Å². The Bertz CT molecular complexity index is 319. The van der Waals surface area contributed by atoms with E-state index in [-0.39, 0.29) is 5.91 Å². The van der Waals surface area contributed by atoms with Gasteiger partial charge in [-0.1, -0.05) is 15.9 Å². The summed E-state index contributed by atoms with van der Waals surface area (Å²) in [6.45, 7) is 2.91. The Morgan fingerprint density at radius 1 is 1.50 bits per heavy atom. The van der Waals surface area contributed by atoms with Gasteiger partial charge in [-0.05, 0) is 30.7 Å². The lowest BCUT2D eigenvalue weighted by molar-refractivity contribution is 0.0954. The Balaban J connectivity index is 2.79. The van der Waals surface area contributed by atoms with E-state index in [1.54, 1.807) is 6.07 Å². The first-order chi connectivity index (χ1) is 6.63. The van der Waals surface area contributed by atoms with E-state index in [4.69, 9.17) is 5.73 Å². The Kier molecular flexibility index (Phi) is 4.10. The molecule has 0 heterocycles. The summed E-state index contributed by atoms with van der Waals surface area (Å²) >= 11 is 3.34. The third-order valence-electron chi connectivity index (χ3n) is 1.73. The van der Waals surface area contributed by atoms with Crippen molar-refractivity contribution in [3.05, 3.63) is 33.8 Å². The molecular formula is C10H13BrN2O. The van der Waals surface area contributed by atoms with Crippen molar-refractivity contribution in [1.29, 1.82) is 0 Å². The van der Waals surface area contributed by atoms with Crippen LogP contribution in [-0.4, -0.2) is 19.0 Å². The molecule has 0 radical (unpaired) electrons. The van der Waals surface area contributed by atoms with Crippen LogP contribution in [0.1, 0.15) is 15.9 Å². The summed E-state index contributed by atoms with van der Waals surface area (Å²) in [5.41, 5.74) is 7.00. The van der Waals surface area contributed by atoms with E-state index < -0.39 is 0 Å². The fraction of sp³-hybridized carbons (Fsp3) is 0.300. The summed E-state index contributed by atoms with van der Waals surface area (Å²) < 4.78 is 0.912. The molecule has 1 rings (SSSR count). The SMILES string of the molecule is Cc1cc(Br)cc(C(=O)NCCN)c1. The molecule has 0 aliphatic heterocycles. The maximum absolute atomic E-state index is 11.5. The van der Waals surface area contributed by atoms with Gasteiger partial charge >= 0.3 is 0 Å². The molecular weight excluding hydrogens is 244 g/mol. The van der Waals surface area contributed by atoms with Crippen LogP contribution < -0.4 is 11.1 Å². The second-order valence-electron chi connectivity index (χ2n) is 3.06. The molecule has 4 heteroatoms. The van der Waals surface area contributed by atoms with Crippen LogP contribution in [0.2, 0.25) is 0 Å². The van der Waals surface area contributed by atoms with Gasteiger partial charge in [0.2, 0.25) is 0 Å². The van der Waals surface area contributed by atoms with Crippen molar-refractivity contribution in [2.45, 2.75) is 6.92 Å². The van der Waals surface area contributed by atoms with Crippen molar-refractivity contribution in [2.24, 2.45) is 5.73 Å². The van der Waals surface area contributed by atoms with Gasteiger partial charge in [0.25, 0.3) is 5.91 Å². The highest BCUT2D eigenvalue weighted by molar-refractivity contribution is 9.10. The minimum absolute atomic E-state index is 0.0835. The van der Waals surface area contributed by atoms with E-state index in [2.05, 4.69) is 21.2 Å². The fourth-order valence-electron chi connectivity index (χ4n) is 1.16. The average Bonchev–Trinajstić information content (AvgIpc) is 2.12. The third kappa shape index (κ3) is 3.12. The van der Waals surface area contributed by atoms with Crippen molar-refractivity contribution >= 4 is 21.8 Å². The van der Waals surface area contributed by atoms with Gasteiger partial charge in [-0.2, -0.15) is 0 Å². The molecule has 0 spiro atoms. The van der Waals surface area contributed by atoms with Crippen molar-refractivity contribution in [1.82, 2.24) is 5.32 Å². The van der Waals surface area contributed by atoms with Gasteiger partial charge in [-0.15, -0.1) is 0 Å². The van der Waals surface area contributed by atoms with E-state index in [1.165, 1.54) is 0 Å². The molecule has 3 nitrogen and oxygen atoms in total. The fourth-order valence-corrected chi connectivity index (χ4v) is 1.76. The Labute approximate surface area is 91.8 Å². The number of hydrogen-bond acceptors (Lipinski definition) is 2.